The average Bonchev–Trinajstić information content (AvgIpc) is 1.99. The topological polar surface area (TPSA) is 18.5 Å². The van der Waals surface area contributed by atoms with E-state index in [1.165, 1.54) is 5.57 Å². The van der Waals surface area contributed by atoms with E-state index < -0.39 is 0 Å². The van der Waals surface area contributed by atoms with Gasteiger partial charge in [-0.3, -0.25) is 0 Å². The van der Waals surface area contributed by atoms with Gasteiger partial charge in [-0.2, -0.15) is 4.89 Å². The van der Waals surface area contributed by atoms with Crippen molar-refractivity contribution in [3.63, 3.8) is 0 Å². The standard InChI is InChI=1S/C9H16O2/c1-4-6-9(3)8-11-10-7-5-2/h5,8H,2,4,6-7H2,1,3H3. The van der Waals surface area contributed by atoms with Crippen molar-refractivity contribution in [1.82, 2.24) is 0 Å². The van der Waals surface area contributed by atoms with Crippen molar-refractivity contribution >= 4 is 0 Å². The molecule has 0 aromatic heterocycles. The monoisotopic (exact) mass is 156 g/mol. The van der Waals surface area contributed by atoms with E-state index >= 15 is 0 Å². The lowest BCUT2D eigenvalue weighted by molar-refractivity contribution is -0.239. The molecule has 0 aliphatic rings. The lowest BCUT2D eigenvalue weighted by atomic mass is 10.2. The molecule has 0 rings (SSSR count). The summed E-state index contributed by atoms with van der Waals surface area (Å²) in [7, 11) is 0. The van der Waals surface area contributed by atoms with Crippen molar-refractivity contribution in [3.8, 4) is 0 Å². The third-order valence-corrected chi connectivity index (χ3v) is 1.15. The summed E-state index contributed by atoms with van der Waals surface area (Å²) in [5.41, 5.74) is 1.19. The maximum Gasteiger partial charge on any atom is 0.128 e. The fourth-order valence-electron chi connectivity index (χ4n) is 0.657. The smallest absolute Gasteiger partial charge is 0.128 e. The molecule has 0 radical (unpaired) electrons. The number of allylic oxidation sites excluding steroid dienone is 1. The summed E-state index contributed by atoms with van der Waals surface area (Å²) in [5, 5.41) is 0. The zero-order valence-corrected chi connectivity index (χ0v) is 7.30. The van der Waals surface area contributed by atoms with Gasteiger partial charge < -0.3 is 4.89 Å². The molecule has 0 aromatic carbocycles. The lowest BCUT2D eigenvalue weighted by Gasteiger charge is -1.98. The van der Waals surface area contributed by atoms with Crippen LogP contribution in [0.2, 0.25) is 0 Å². The number of hydrogen-bond acceptors (Lipinski definition) is 2. The van der Waals surface area contributed by atoms with E-state index in [1.807, 2.05) is 6.92 Å². The molecule has 0 N–H and O–H groups in total. The van der Waals surface area contributed by atoms with Gasteiger partial charge in [-0.25, -0.2) is 0 Å². The van der Waals surface area contributed by atoms with E-state index in [0.717, 1.165) is 12.8 Å². The zero-order chi connectivity index (χ0) is 8.53. The van der Waals surface area contributed by atoms with E-state index in [-0.39, 0.29) is 0 Å². The normalized spacial score (nSPS) is 11.3. The molecule has 0 saturated heterocycles. The average molecular weight is 156 g/mol. The van der Waals surface area contributed by atoms with Crippen LogP contribution in [0.15, 0.2) is 24.5 Å². The van der Waals surface area contributed by atoms with Crippen LogP contribution >= 0.6 is 0 Å². The Labute approximate surface area is 68.4 Å². The zero-order valence-electron chi connectivity index (χ0n) is 7.30. The second kappa shape index (κ2) is 7.35. The molecular formula is C9H16O2. The second-order valence-electron chi connectivity index (χ2n) is 2.38. The Balaban J connectivity index is 3.31. The van der Waals surface area contributed by atoms with Gasteiger partial charge in [0, 0.05) is 0 Å². The Bertz CT molecular complexity index is 128. The van der Waals surface area contributed by atoms with E-state index in [1.54, 1.807) is 12.3 Å². The summed E-state index contributed by atoms with van der Waals surface area (Å²) in [6.07, 6.45) is 5.46. The molecule has 64 valence electrons. The van der Waals surface area contributed by atoms with Crippen molar-refractivity contribution in [3.05, 3.63) is 24.5 Å². The molecule has 0 aromatic rings. The highest BCUT2D eigenvalue weighted by Crippen LogP contribution is 2.02. The minimum Gasteiger partial charge on any atom is -0.345 e. The Hall–Kier alpha value is -0.760. The Morgan fingerprint density at radius 3 is 2.82 bits per heavy atom. The highest BCUT2D eigenvalue weighted by atomic mass is 17.2. The quantitative estimate of drug-likeness (QED) is 0.193. The lowest BCUT2D eigenvalue weighted by Crippen LogP contribution is -1.88. The first kappa shape index (κ1) is 10.2. The number of rotatable bonds is 6. The summed E-state index contributed by atoms with van der Waals surface area (Å²) in [6, 6.07) is 0. The Kier molecular flexibility index (Phi) is 6.84. The molecule has 0 heterocycles. The Morgan fingerprint density at radius 1 is 1.55 bits per heavy atom. The van der Waals surface area contributed by atoms with Crippen molar-refractivity contribution in [2.45, 2.75) is 26.7 Å². The van der Waals surface area contributed by atoms with Crippen molar-refractivity contribution in [1.29, 1.82) is 0 Å². The van der Waals surface area contributed by atoms with Crippen molar-refractivity contribution in [2.24, 2.45) is 0 Å². The molecule has 0 fully saturated rings. The van der Waals surface area contributed by atoms with Gasteiger partial charge in [0.15, 0.2) is 0 Å². The van der Waals surface area contributed by atoms with Gasteiger partial charge in [0.05, 0.1) is 0 Å². The van der Waals surface area contributed by atoms with Crippen LogP contribution in [-0.2, 0) is 9.78 Å². The van der Waals surface area contributed by atoms with Crippen LogP contribution in [0.3, 0.4) is 0 Å². The maximum absolute atomic E-state index is 4.76. The molecule has 0 spiro atoms. The van der Waals surface area contributed by atoms with Crippen LogP contribution < -0.4 is 0 Å². The summed E-state index contributed by atoms with van der Waals surface area (Å²) < 4.78 is 0. The summed E-state index contributed by atoms with van der Waals surface area (Å²) in [6.45, 7) is 8.06. The highest BCUT2D eigenvalue weighted by molar-refractivity contribution is 4.91. The molecule has 0 amide bonds. The predicted octanol–water partition coefficient (Wildman–Crippen LogP) is 2.82. The molecule has 2 nitrogen and oxygen atoms in total. The molecule has 0 bridgehead atoms. The molecule has 0 unspecified atom stereocenters. The summed E-state index contributed by atoms with van der Waals surface area (Å²) in [4.78, 5) is 9.46. The van der Waals surface area contributed by atoms with Crippen molar-refractivity contribution in [2.75, 3.05) is 6.61 Å². The first-order valence-corrected chi connectivity index (χ1v) is 3.86. The van der Waals surface area contributed by atoms with Crippen LogP contribution in [0.4, 0.5) is 0 Å². The van der Waals surface area contributed by atoms with Crippen molar-refractivity contribution < 1.29 is 9.78 Å². The SMILES string of the molecule is C=CCOOC=C(C)CCC. The molecule has 0 saturated carbocycles. The largest absolute Gasteiger partial charge is 0.345 e. The van der Waals surface area contributed by atoms with Crippen LogP contribution in [0, 0.1) is 0 Å². The molecule has 2 heteroatoms. The van der Waals surface area contributed by atoms with Crippen LogP contribution in [0.25, 0.3) is 0 Å². The third-order valence-electron chi connectivity index (χ3n) is 1.15. The van der Waals surface area contributed by atoms with E-state index in [2.05, 4.69) is 13.5 Å². The second-order valence-corrected chi connectivity index (χ2v) is 2.38. The van der Waals surface area contributed by atoms with E-state index in [0.29, 0.717) is 6.61 Å². The minimum atomic E-state index is 0.426. The summed E-state index contributed by atoms with van der Waals surface area (Å²) in [5.74, 6) is 0. The van der Waals surface area contributed by atoms with Gasteiger partial charge in [0.1, 0.15) is 12.9 Å². The summed E-state index contributed by atoms with van der Waals surface area (Å²) >= 11 is 0. The van der Waals surface area contributed by atoms with Gasteiger partial charge in [-0.15, -0.1) is 6.58 Å². The van der Waals surface area contributed by atoms with Gasteiger partial charge in [-0.1, -0.05) is 19.4 Å². The first-order valence-electron chi connectivity index (χ1n) is 3.86. The minimum absolute atomic E-state index is 0.426. The Morgan fingerprint density at radius 2 is 2.27 bits per heavy atom. The van der Waals surface area contributed by atoms with E-state index in [4.69, 9.17) is 9.78 Å². The van der Waals surface area contributed by atoms with Gasteiger partial charge in [0.2, 0.25) is 0 Å². The fourth-order valence-corrected chi connectivity index (χ4v) is 0.657. The van der Waals surface area contributed by atoms with Gasteiger partial charge >= 0.3 is 0 Å². The first-order chi connectivity index (χ1) is 5.31. The third kappa shape index (κ3) is 7.13. The predicted molar refractivity (Wildman–Crippen MR) is 45.9 cm³/mol. The molecule has 11 heavy (non-hydrogen) atoms. The maximum atomic E-state index is 4.76. The number of hydrogen-bond donors (Lipinski definition) is 0. The molecule has 0 atom stereocenters. The van der Waals surface area contributed by atoms with Crippen LogP contribution in [0.5, 0.6) is 0 Å². The molecular weight excluding hydrogens is 140 g/mol. The van der Waals surface area contributed by atoms with Gasteiger partial charge in [0.25, 0.3) is 0 Å². The van der Waals surface area contributed by atoms with Gasteiger partial charge in [-0.05, 0) is 18.9 Å². The van der Waals surface area contributed by atoms with Crippen LogP contribution in [0.1, 0.15) is 26.7 Å². The van der Waals surface area contributed by atoms with Crippen LogP contribution in [-0.4, -0.2) is 6.61 Å². The molecule has 0 aliphatic heterocycles. The fraction of sp³-hybridized carbons (Fsp3) is 0.556. The van der Waals surface area contributed by atoms with E-state index in [9.17, 15) is 0 Å². The highest BCUT2D eigenvalue weighted by Gasteiger charge is 1.86. The molecule has 0 aliphatic carbocycles.